The first-order valence-electron chi connectivity index (χ1n) is 4.74. The largest absolute Gasteiger partial charge is 0.493 e. The number of hydrogen-bond donors (Lipinski definition) is 1. The summed E-state index contributed by atoms with van der Waals surface area (Å²) in [5, 5.41) is 3.58. The van der Waals surface area contributed by atoms with Crippen molar-refractivity contribution in [1.82, 2.24) is 5.16 Å². The van der Waals surface area contributed by atoms with Gasteiger partial charge in [-0.15, -0.1) is 0 Å². The Morgan fingerprint density at radius 1 is 1.38 bits per heavy atom. The van der Waals surface area contributed by atoms with Crippen LogP contribution in [0.5, 0.6) is 11.5 Å². The molecule has 0 bridgehead atoms. The number of hydrogen-bond acceptors (Lipinski definition) is 5. The van der Waals surface area contributed by atoms with Crippen molar-refractivity contribution in [3.05, 3.63) is 36.2 Å². The number of ether oxygens (including phenoxy) is 2. The second-order valence-electron chi connectivity index (χ2n) is 3.23. The van der Waals surface area contributed by atoms with Crippen LogP contribution in [0.2, 0.25) is 0 Å². The number of methoxy groups -OCH3 is 1. The van der Waals surface area contributed by atoms with Gasteiger partial charge in [0, 0.05) is 17.3 Å². The van der Waals surface area contributed by atoms with Crippen molar-refractivity contribution < 1.29 is 14.0 Å². The van der Waals surface area contributed by atoms with E-state index in [1.54, 1.807) is 31.5 Å². The third-order valence-corrected chi connectivity index (χ3v) is 2.07. The second kappa shape index (κ2) is 4.57. The van der Waals surface area contributed by atoms with Crippen molar-refractivity contribution >= 4 is 5.69 Å². The Kier molecular flexibility index (Phi) is 2.95. The molecule has 0 unspecified atom stereocenters. The topological polar surface area (TPSA) is 70.5 Å². The van der Waals surface area contributed by atoms with E-state index in [0.717, 1.165) is 5.56 Å². The first kappa shape index (κ1) is 10.4. The molecule has 16 heavy (non-hydrogen) atoms. The lowest BCUT2D eigenvalue weighted by Crippen LogP contribution is -1.97. The van der Waals surface area contributed by atoms with Crippen molar-refractivity contribution in [1.29, 1.82) is 0 Å². The molecule has 0 radical (unpaired) electrons. The van der Waals surface area contributed by atoms with Gasteiger partial charge in [0.2, 0.25) is 0 Å². The van der Waals surface area contributed by atoms with Crippen LogP contribution in [0.15, 0.2) is 35.2 Å². The molecule has 5 heteroatoms. The molecule has 2 aromatic rings. The van der Waals surface area contributed by atoms with Gasteiger partial charge in [0.05, 0.1) is 13.3 Å². The number of rotatable bonds is 4. The maximum atomic E-state index is 5.63. The minimum atomic E-state index is 0.379. The summed E-state index contributed by atoms with van der Waals surface area (Å²) in [6.07, 6.45) is 3.13. The highest BCUT2D eigenvalue weighted by molar-refractivity contribution is 5.51. The van der Waals surface area contributed by atoms with Gasteiger partial charge < -0.3 is 19.7 Å². The lowest BCUT2D eigenvalue weighted by atomic mass is 10.3. The van der Waals surface area contributed by atoms with E-state index in [1.807, 2.05) is 0 Å². The Bertz CT molecular complexity index is 454. The van der Waals surface area contributed by atoms with Crippen LogP contribution in [0.1, 0.15) is 5.56 Å². The van der Waals surface area contributed by atoms with Crippen molar-refractivity contribution in [2.45, 2.75) is 6.61 Å². The number of aromatic nitrogens is 1. The first-order valence-corrected chi connectivity index (χ1v) is 4.74. The van der Waals surface area contributed by atoms with E-state index >= 15 is 0 Å². The average molecular weight is 220 g/mol. The van der Waals surface area contributed by atoms with Gasteiger partial charge in [-0.1, -0.05) is 5.16 Å². The quantitative estimate of drug-likeness (QED) is 0.796. The zero-order valence-electron chi connectivity index (χ0n) is 8.84. The molecule has 84 valence electrons. The van der Waals surface area contributed by atoms with Crippen LogP contribution in [0.4, 0.5) is 5.69 Å². The van der Waals surface area contributed by atoms with E-state index < -0.39 is 0 Å². The van der Waals surface area contributed by atoms with E-state index in [0.29, 0.717) is 23.8 Å². The molecule has 1 heterocycles. The highest BCUT2D eigenvalue weighted by Crippen LogP contribution is 2.29. The third-order valence-electron chi connectivity index (χ3n) is 2.07. The van der Waals surface area contributed by atoms with Crippen LogP contribution < -0.4 is 15.2 Å². The van der Waals surface area contributed by atoms with Gasteiger partial charge in [0.15, 0.2) is 11.5 Å². The van der Waals surface area contributed by atoms with Crippen LogP contribution in [-0.4, -0.2) is 12.3 Å². The molecular weight excluding hydrogens is 208 g/mol. The average Bonchev–Trinajstić information content (AvgIpc) is 2.80. The Labute approximate surface area is 92.8 Å². The van der Waals surface area contributed by atoms with E-state index in [1.165, 1.54) is 6.26 Å². The summed E-state index contributed by atoms with van der Waals surface area (Å²) in [5.74, 6) is 1.24. The summed E-state index contributed by atoms with van der Waals surface area (Å²) in [6, 6.07) is 5.23. The fraction of sp³-hybridized carbons (Fsp3) is 0.182. The molecule has 1 aromatic heterocycles. The second-order valence-corrected chi connectivity index (χ2v) is 3.23. The van der Waals surface area contributed by atoms with E-state index in [9.17, 15) is 0 Å². The van der Waals surface area contributed by atoms with E-state index in [4.69, 9.17) is 19.7 Å². The van der Waals surface area contributed by atoms with Crippen LogP contribution >= 0.6 is 0 Å². The molecule has 0 amide bonds. The normalized spacial score (nSPS) is 10.1. The predicted molar refractivity (Wildman–Crippen MR) is 58.2 cm³/mol. The number of nitrogens with zero attached hydrogens (tertiary/aromatic N) is 1. The molecule has 5 nitrogen and oxygen atoms in total. The third kappa shape index (κ3) is 2.25. The molecule has 0 fully saturated rings. The van der Waals surface area contributed by atoms with Crippen molar-refractivity contribution in [2.75, 3.05) is 12.8 Å². The Morgan fingerprint density at radius 2 is 2.25 bits per heavy atom. The number of anilines is 1. The van der Waals surface area contributed by atoms with Crippen LogP contribution in [0.25, 0.3) is 0 Å². The summed E-state index contributed by atoms with van der Waals surface area (Å²) in [7, 11) is 1.57. The predicted octanol–water partition coefficient (Wildman–Crippen LogP) is 1.84. The van der Waals surface area contributed by atoms with Crippen LogP contribution in [-0.2, 0) is 6.61 Å². The van der Waals surface area contributed by atoms with Gasteiger partial charge in [-0.3, -0.25) is 0 Å². The van der Waals surface area contributed by atoms with Gasteiger partial charge in [-0.05, 0) is 12.1 Å². The number of benzene rings is 1. The standard InChI is InChI=1S/C11H12N2O3/c1-14-11-4-9(12)2-3-10(11)15-6-8-5-13-16-7-8/h2-5,7H,6,12H2,1H3. The number of nitrogen functional groups attached to an aromatic ring is 1. The monoisotopic (exact) mass is 220 g/mol. The summed E-state index contributed by atoms with van der Waals surface area (Å²) in [5.41, 5.74) is 7.13. The maximum absolute atomic E-state index is 5.63. The minimum Gasteiger partial charge on any atom is -0.493 e. The van der Waals surface area contributed by atoms with Gasteiger partial charge in [-0.2, -0.15) is 0 Å². The van der Waals surface area contributed by atoms with Crippen molar-refractivity contribution in [3.8, 4) is 11.5 Å². The smallest absolute Gasteiger partial charge is 0.162 e. The summed E-state index contributed by atoms with van der Waals surface area (Å²) < 4.78 is 15.4. The lowest BCUT2D eigenvalue weighted by Gasteiger charge is -2.09. The molecular formula is C11H12N2O3. The summed E-state index contributed by atoms with van der Waals surface area (Å²) in [6.45, 7) is 0.379. The molecule has 0 saturated carbocycles. The van der Waals surface area contributed by atoms with Gasteiger partial charge in [-0.25, -0.2) is 0 Å². The highest BCUT2D eigenvalue weighted by Gasteiger charge is 2.05. The Hall–Kier alpha value is -2.17. The molecule has 0 spiro atoms. The molecule has 2 rings (SSSR count). The SMILES string of the molecule is COc1cc(N)ccc1OCc1cnoc1. The molecule has 0 aliphatic carbocycles. The number of nitrogens with two attached hydrogens (primary N) is 1. The van der Waals surface area contributed by atoms with Crippen molar-refractivity contribution in [2.24, 2.45) is 0 Å². The molecule has 2 N–H and O–H groups in total. The fourth-order valence-electron chi connectivity index (χ4n) is 1.26. The molecule has 0 atom stereocenters. The Balaban J connectivity index is 2.09. The zero-order chi connectivity index (χ0) is 11.4. The zero-order valence-corrected chi connectivity index (χ0v) is 8.84. The maximum Gasteiger partial charge on any atom is 0.162 e. The fourth-order valence-corrected chi connectivity index (χ4v) is 1.26. The molecule has 1 aromatic carbocycles. The first-order chi connectivity index (χ1) is 7.79. The van der Waals surface area contributed by atoms with Gasteiger partial charge >= 0.3 is 0 Å². The minimum absolute atomic E-state index is 0.379. The van der Waals surface area contributed by atoms with Gasteiger partial charge in [0.1, 0.15) is 12.9 Å². The van der Waals surface area contributed by atoms with E-state index in [-0.39, 0.29) is 0 Å². The Morgan fingerprint density at radius 3 is 2.94 bits per heavy atom. The summed E-state index contributed by atoms with van der Waals surface area (Å²) >= 11 is 0. The van der Waals surface area contributed by atoms with Gasteiger partial charge in [0.25, 0.3) is 0 Å². The molecule has 0 saturated heterocycles. The van der Waals surface area contributed by atoms with Crippen LogP contribution in [0, 0.1) is 0 Å². The lowest BCUT2D eigenvalue weighted by molar-refractivity contribution is 0.283. The van der Waals surface area contributed by atoms with Crippen LogP contribution in [0.3, 0.4) is 0 Å². The van der Waals surface area contributed by atoms with Crippen molar-refractivity contribution in [3.63, 3.8) is 0 Å². The molecule has 0 aliphatic heterocycles. The highest BCUT2D eigenvalue weighted by atomic mass is 16.5. The summed E-state index contributed by atoms with van der Waals surface area (Å²) in [4.78, 5) is 0. The van der Waals surface area contributed by atoms with E-state index in [2.05, 4.69) is 5.16 Å². The molecule has 0 aliphatic rings.